The van der Waals surface area contributed by atoms with Gasteiger partial charge in [0, 0.05) is 0 Å². The second-order valence-corrected chi connectivity index (χ2v) is 9.18. The van der Waals surface area contributed by atoms with Gasteiger partial charge in [-0.25, -0.2) is 4.99 Å². The number of halogens is 3. The van der Waals surface area contributed by atoms with E-state index in [2.05, 4.69) is 15.0 Å². The van der Waals surface area contributed by atoms with Gasteiger partial charge in [0.05, 0.1) is 38.5 Å². The Hall–Kier alpha value is -4.65. The molecule has 0 aliphatic carbocycles. The first-order valence-electron chi connectivity index (χ1n) is 11.9. The lowest BCUT2D eigenvalue weighted by atomic mass is 10.1. The van der Waals surface area contributed by atoms with Crippen molar-refractivity contribution in [2.45, 2.75) is 6.36 Å². The molecule has 0 spiro atoms. The van der Waals surface area contributed by atoms with Gasteiger partial charge in [-0.3, -0.25) is 14.5 Å². The molecule has 0 aromatic heterocycles. The van der Waals surface area contributed by atoms with Gasteiger partial charge in [0.2, 0.25) is 11.7 Å². The number of rotatable bonds is 9. The van der Waals surface area contributed by atoms with E-state index < -0.39 is 23.9 Å². The first-order valence-corrected chi connectivity index (χ1v) is 12.9. The van der Waals surface area contributed by atoms with Crippen LogP contribution >= 0.6 is 11.8 Å². The van der Waals surface area contributed by atoms with Gasteiger partial charge < -0.3 is 24.3 Å². The van der Waals surface area contributed by atoms with E-state index in [4.69, 9.17) is 14.2 Å². The van der Waals surface area contributed by atoms with Gasteiger partial charge in [0.15, 0.2) is 22.4 Å². The first kappa shape index (κ1) is 29.3. The molecule has 13 heteroatoms. The zero-order valence-corrected chi connectivity index (χ0v) is 22.8. The number of benzene rings is 3. The van der Waals surface area contributed by atoms with Crippen LogP contribution in [0.25, 0.3) is 6.08 Å². The highest BCUT2D eigenvalue weighted by atomic mass is 32.2. The molecule has 0 unspecified atom stereocenters. The Morgan fingerprint density at radius 2 is 1.59 bits per heavy atom. The summed E-state index contributed by atoms with van der Waals surface area (Å²) < 4.78 is 58.4. The molecule has 0 saturated heterocycles. The fourth-order valence-corrected chi connectivity index (χ4v) is 4.65. The number of anilines is 2. The van der Waals surface area contributed by atoms with Crippen molar-refractivity contribution in [2.24, 2.45) is 4.99 Å². The highest BCUT2D eigenvalue weighted by Gasteiger charge is 2.34. The Bertz CT molecular complexity index is 1470. The van der Waals surface area contributed by atoms with Crippen molar-refractivity contribution in [3.8, 4) is 23.0 Å². The van der Waals surface area contributed by atoms with Crippen molar-refractivity contribution in [3.05, 3.63) is 78.0 Å². The number of alkyl halides is 3. The molecule has 3 aromatic carbocycles. The molecule has 0 atom stereocenters. The zero-order valence-electron chi connectivity index (χ0n) is 22.0. The molecule has 214 valence electrons. The highest BCUT2D eigenvalue weighted by molar-refractivity contribution is 8.14. The molecule has 0 saturated carbocycles. The fourth-order valence-electron chi connectivity index (χ4n) is 3.84. The van der Waals surface area contributed by atoms with Crippen molar-refractivity contribution >= 4 is 46.2 Å². The smallest absolute Gasteiger partial charge is 0.493 e. The summed E-state index contributed by atoms with van der Waals surface area (Å²) in [5.74, 6) is -0.729. The number of nitrogens with one attached hydrogen (secondary N) is 1. The van der Waals surface area contributed by atoms with Gasteiger partial charge in [-0.15, -0.1) is 13.2 Å². The van der Waals surface area contributed by atoms with Gasteiger partial charge in [-0.2, -0.15) is 0 Å². The van der Waals surface area contributed by atoms with Gasteiger partial charge in [0.25, 0.3) is 5.91 Å². The topological polar surface area (TPSA) is 98.7 Å². The molecule has 0 bridgehead atoms. The molecule has 4 rings (SSSR count). The molecule has 1 aliphatic rings. The van der Waals surface area contributed by atoms with Gasteiger partial charge >= 0.3 is 6.36 Å². The normalized spacial score (nSPS) is 14.1. The molecule has 2 amide bonds. The van der Waals surface area contributed by atoms with Gasteiger partial charge in [0.1, 0.15) is 5.70 Å². The summed E-state index contributed by atoms with van der Waals surface area (Å²) in [5, 5.41) is 2.62. The molecule has 0 fully saturated rings. The maximum Gasteiger partial charge on any atom is 0.573 e. The Kier molecular flexibility index (Phi) is 9.07. The summed E-state index contributed by atoms with van der Waals surface area (Å²) in [5.41, 5.74) is 0.990. The summed E-state index contributed by atoms with van der Waals surface area (Å²) in [6.07, 6.45) is -3.38. The predicted molar refractivity (Wildman–Crippen MR) is 150 cm³/mol. The number of ether oxygens (including phenoxy) is 4. The minimum absolute atomic E-state index is 0.0787. The quantitative estimate of drug-likeness (QED) is 0.320. The molecule has 41 heavy (non-hydrogen) atoms. The third-order valence-corrected chi connectivity index (χ3v) is 6.49. The number of amides is 2. The molecule has 3 aromatic rings. The average Bonchev–Trinajstić information content (AvgIpc) is 3.26. The number of hydrogen-bond donors (Lipinski definition) is 1. The Labute approximate surface area is 237 Å². The van der Waals surface area contributed by atoms with Crippen LogP contribution in [0.1, 0.15) is 5.56 Å². The van der Waals surface area contributed by atoms with Crippen LogP contribution in [0.15, 0.2) is 77.4 Å². The van der Waals surface area contributed by atoms with E-state index >= 15 is 0 Å². The molecule has 9 nitrogen and oxygen atoms in total. The van der Waals surface area contributed by atoms with E-state index in [9.17, 15) is 22.8 Å². The number of hydrogen-bond acceptors (Lipinski definition) is 8. The fraction of sp³-hybridized carbons (Fsp3) is 0.179. The Morgan fingerprint density at radius 3 is 2.20 bits per heavy atom. The zero-order chi connectivity index (χ0) is 29.6. The van der Waals surface area contributed by atoms with E-state index in [-0.39, 0.29) is 22.3 Å². The largest absolute Gasteiger partial charge is 0.573 e. The van der Waals surface area contributed by atoms with Crippen molar-refractivity contribution in [3.63, 3.8) is 0 Å². The molecular formula is C28H24F3N3O6S. The number of amidine groups is 1. The molecule has 1 aliphatic heterocycles. The van der Waals surface area contributed by atoms with Crippen LogP contribution < -0.4 is 29.2 Å². The SMILES string of the molecule is COc1cc(C=C2N=C(SCC(=O)Nc3ccccc3OC(F)(F)F)N(c3ccccc3)C2=O)cc(OC)c1OC. The van der Waals surface area contributed by atoms with E-state index in [1.807, 2.05) is 0 Å². The van der Waals surface area contributed by atoms with Crippen LogP contribution in [-0.4, -0.2) is 50.4 Å². The summed E-state index contributed by atoms with van der Waals surface area (Å²) in [6.45, 7) is 0. The van der Waals surface area contributed by atoms with Crippen LogP contribution in [0.2, 0.25) is 0 Å². The number of para-hydroxylation sites is 3. The number of carbonyl (C=O) groups is 2. The minimum Gasteiger partial charge on any atom is -0.493 e. The third-order valence-electron chi connectivity index (χ3n) is 5.55. The lowest BCUT2D eigenvalue weighted by molar-refractivity contribution is -0.274. The molecule has 1 N–H and O–H groups in total. The summed E-state index contributed by atoms with van der Waals surface area (Å²) >= 11 is 0.943. The van der Waals surface area contributed by atoms with Crippen molar-refractivity contribution in [1.29, 1.82) is 0 Å². The lowest BCUT2D eigenvalue weighted by Crippen LogP contribution is -2.31. The lowest BCUT2D eigenvalue weighted by Gasteiger charge is -2.18. The number of thioether (sulfide) groups is 1. The second-order valence-electron chi connectivity index (χ2n) is 8.24. The maximum atomic E-state index is 13.5. The summed E-state index contributed by atoms with van der Waals surface area (Å²) in [4.78, 5) is 32.0. The summed E-state index contributed by atoms with van der Waals surface area (Å²) in [6, 6.07) is 17.2. The van der Waals surface area contributed by atoms with E-state index in [1.54, 1.807) is 48.5 Å². The number of aliphatic imine (C=N–C) groups is 1. The second kappa shape index (κ2) is 12.7. The number of nitrogens with zero attached hydrogens (tertiary/aromatic N) is 2. The van der Waals surface area contributed by atoms with Crippen molar-refractivity contribution < 1.29 is 41.7 Å². The highest BCUT2D eigenvalue weighted by Crippen LogP contribution is 2.39. The average molecular weight is 588 g/mol. The third kappa shape index (κ3) is 7.11. The van der Waals surface area contributed by atoms with Gasteiger partial charge in [-0.05, 0) is 48.0 Å². The molecular weight excluding hydrogens is 563 g/mol. The minimum atomic E-state index is -4.93. The van der Waals surface area contributed by atoms with Crippen LogP contribution in [0.5, 0.6) is 23.0 Å². The Balaban J connectivity index is 1.60. The van der Waals surface area contributed by atoms with E-state index in [0.717, 1.165) is 17.8 Å². The van der Waals surface area contributed by atoms with Crippen LogP contribution in [0, 0.1) is 0 Å². The first-order chi connectivity index (χ1) is 19.6. The van der Waals surface area contributed by atoms with Crippen LogP contribution in [0.3, 0.4) is 0 Å². The van der Waals surface area contributed by atoms with E-state index in [0.29, 0.717) is 28.5 Å². The van der Waals surface area contributed by atoms with E-state index in [1.165, 1.54) is 44.4 Å². The number of methoxy groups -OCH3 is 3. The maximum absolute atomic E-state index is 13.5. The Morgan fingerprint density at radius 1 is 0.951 bits per heavy atom. The van der Waals surface area contributed by atoms with Crippen LogP contribution in [0.4, 0.5) is 24.5 Å². The van der Waals surface area contributed by atoms with Crippen LogP contribution in [-0.2, 0) is 9.59 Å². The molecule has 1 heterocycles. The van der Waals surface area contributed by atoms with Gasteiger partial charge in [-0.1, -0.05) is 42.1 Å². The monoisotopic (exact) mass is 587 g/mol. The standard InChI is InChI=1S/C28H24F3N3O6S/c1-37-22-14-17(15-23(38-2)25(22)39-3)13-20-26(36)34(18-9-5-4-6-10-18)27(33-20)41-16-24(35)32-19-11-7-8-12-21(19)40-28(29,30)31/h4-15H,16H2,1-3H3,(H,32,35). The van der Waals surface area contributed by atoms with Crippen molar-refractivity contribution in [1.82, 2.24) is 0 Å². The molecule has 0 radical (unpaired) electrons. The number of carbonyl (C=O) groups excluding carboxylic acids is 2. The van der Waals surface area contributed by atoms with Crippen molar-refractivity contribution in [2.75, 3.05) is 37.3 Å². The summed E-state index contributed by atoms with van der Waals surface area (Å²) in [7, 11) is 4.41. The predicted octanol–water partition coefficient (Wildman–Crippen LogP) is 5.73.